The van der Waals surface area contributed by atoms with E-state index >= 15 is 0 Å². The molecule has 1 N–H and O–H groups in total. The summed E-state index contributed by atoms with van der Waals surface area (Å²) >= 11 is 11.9. The molecule has 2 rings (SSSR count). The molecule has 0 amide bonds. The van der Waals surface area contributed by atoms with Gasteiger partial charge in [0, 0.05) is 35.4 Å². The van der Waals surface area contributed by atoms with Crippen molar-refractivity contribution in [2.45, 2.75) is 13.0 Å². The van der Waals surface area contributed by atoms with Gasteiger partial charge in [-0.2, -0.15) is 0 Å². The molecule has 0 aliphatic carbocycles. The van der Waals surface area contributed by atoms with Gasteiger partial charge in [-0.05, 0) is 23.8 Å². The molecule has 1 aromatic carbocycles. The zero-order chi connectivity index (χ0) is 12.3. The number of hydrogen-bond acceptors (Lipinski definition) is 2. The van der Waals surface area contributed by atoms with E-state index in [4.69, 9.17) is 28.3 Å². The molecule has 0 aliphatic heterocycles. The first-order valence-corrected chi connectivity index (χ1v) is 6.00. The lowest BCUT2D eigenvalue weighted by Gasteiger charge is -2.06. The van der Waals surface area contributed by atoms with E-state index < -0.39 is 0 Å². The molecule has 1 aromatic heterocycles. The number of aliphatic hydroxyl groups excluding tert-OH is 1. The predicted molar refractivity (Wildman–Crippen MR) is 68.6 cm³/mol. The zero-order valence-corrected chi connectivity index (χ0v) is 10.6. The van der Waals surface area contributed by atoms with E-state index in [1.54, 1.807) is 12.3 Å². The summed E-state index contributed by atoms with van der Waals surface area (Å²) in [7, 11) is 0. The van der Waals surface area contributed by atoms with Crippen LogP contribution in [0.15, 0.2) is 30.6 Å². The van der Waals surface area contributed by atoms with Crippen molar-refractivity contribution in [3.63, 3.8) is 0 Å². The Morgan fingerprint density at radius 1 is 1.18 bits per heavy atom. The molecule has 0 spiro atoms. The fraction of sp³-hybridized carbons (Fsp3) is 0.250. The maximum Gasteiger partial charge on any atom is 0.113 e. The summed E-state index contributed by atoms with van der Waals surface area (Å²) in [6.07, 6.45) is 4.21. The Kier molecular flexibility index (Phi) is 4.05. The van der Waals surface area contributed by atoms with E-state index in [-0.39, 0.29) is 6.61 Å². The minimum Gasteiger partial charge on any atom is -0.395 e. The molecule has 3 nitrogen and oxygen atoms in total. The highest BCUT2D eigenvalue weighted by Crippen LogP contribution is 2.20. The summed E-state index contributed by atoms with van der Waals surface area (Å²) in [6.45, 7) is 0.642. The van der Waals surface area contributed by atoms with Gasteiger partial charge in [-0.15, -0.1) is 0 Å². The van der Waals surface area contributed by atoms with Gasteiger partial charge in [-0.3, -0.25) is 0 Å². The number of aliphatic hydroxyl groups is 1. The normalized spacial score (nSPS) is 10.8. The van der Waals surface area contributed by atoms with Crippen molar-refractivity contribution < 1.29 is 5.11 Å². The van der Waals surface area contributed by atoms with E-state index in [1.807, 2.05) is 22.9 Å². The standard InChI is InChI=1S/C12H12Cl2N2O/c13-10-5-9(6-11(14)8-10)7-12-15-1-2-16(12)3-4-17/h1-2,5-6,8,17H,3-4,7H2. The molecule has 0 saturated heterocycles. The van der Waals surface area contributed by atoms with Crippen LogP contribution in [0, 0.1) is 0 Å². The zero-order valence-electron chi connectivity index (χ0n) is 9.11. The number of hydrogen-bond donors (Lipinski definition) is 1. The van der Waals surface area contributed by atoms with Crippen LogP contribution in [0.2, 0.25) is 10.0 Å². The lowest BCUT2D eigenvalue weighted by molar-refractivity contribution is 0.274. The van der Waals surface area contributed by atoms with Gasteiger partial charge in [0.2, 0.25) is 0 Å². The molecule has 0 saturated carbocycles. The number of halogens is 2. The van der Waals surface area contributed by atoms with Crippen molar-refractivity contribution in [3.8, 4) is 0 Å². The number of rotatable bonds is 4. The molecular formula is C12H12Cl2N2O. The molecule has 0 bridgehead atoms. The summed E-state index contributed by atoms with van der Waals surface area (Å²) in [5, 5.41) is 10.2. The van der Waals surface area contributed by atoms with Crippen LogP contribution in [0.1, 0.15) is 11.4 Å². The van der Waals surface area contributed by atoms with Gasteiger partial charge in [-0.25, -0.2) is 4.98 Å². The summed E-state index contributed by atoms with van der Waals surface area (Å²) in [6, 6.07) is 5.43. The minimum atomic E-state index is 0.0969. The quantitative estimate of drug-likeness (QED) is 0.928. The van der Waals surface area contributed by atoms with E-state index in [1.165, 1.54) is 0 Å². The maximum atomic E-state index is 8.93. The second-order valence-corrected chi connectivity index (χ2v) is 4.59. The Labute approximate surface area is 110 Å². The summed E-state index contributed by atoms with van der Waals surface area (Å²) < 4.78 is 1.91. The highest BCUT2D eigenvalue weighted by molar-refractivity contribution is 6.34. The Hall–Kier alpha value is -1.03. The van der Waals surface area contributed by atoms with Crippen LogP contribution in [-0.2, 0) is 13.0 Å². The molecule has 90 valence electrons. The van der Waals surface area contributed by atoms with Gasteiger partial charge in [0.1, 0.15) is 5.82 Å². The van der Waals surface area contributed by atoms with E-state index in [2.05, 4.69) is 4.98 Å². The number of benzene rings is 1. The molecule has 2 aromatic rings. The summed E-state index contributed by atoms with van der Waals surface area (Å²) in [4.78, 5) is 4.26. The van der Waals surface area contributed by atoms with Gasteiger partial charge in [-0.1, -0.05) is 23.2 Å². The SMILES string of the molecule is OCCn1ccnc1Cc1cc(Cl)cc(Cl)c1. The van der Waals surface area contributed by atoms with E-state index in [9.17, 15) is 0 Å². The van der Waals surface area contributed by atoms with Crippen LogP contribution in [0.25, 0.3) is 0 Å². The second-order valence-electron chi connectivity index (χ2n) is 3.71. The molecule has 17 heavy (non-hydrogen) atoms. The van der Waals surface area contributed by atoms with Crippen LogP contribution >= 0.6 is 23.2 Å². The fourth-order valence-electron chi connectivity index (χ4n) is 1.71. The molecule has 0 radical (unpaired) electrons. The van der Waals surface area contributed by atoms with Crippen molar-refractivity contribution in [3.05, 3.63) is 52.0 Å². The van der Waals surface area contributed by atoms with Crippen LogP contribution in [0.5, 0.6) is 0 Å². The average molecular weight is 271 g/mol. The maximum absolute atomic E-state index is 8.93. The molecular weight excluding hydrogens is 259 g/mol. The van der Waals surface area contributed by atoms with Crippen molar-refractivity contribution in [1.82, 2.24) is 9.55 Å². The molecule has 0 unspecified atom stereocenters. The van der Waals surface area contributed by atoms with Crippen molar-refractivity contribution in [1.29, 1.82) is 0 Å². The van der Waals surface area contributed by atoms with Crippen LogP contribution in [0.4, 0.5) is 0 Å². The number of aromatic nitrogens is 2. The third-order valence-electron chi connectivity index (χ3n) is 2.43. The topological polar surface area (TPSA) is 38.0 Å². The van der Waals surface area contributed by atoms with Crippen LogP contribution in [-0.4, -0.2) is 21.3 Å². The lowest BCUT2D eigenvalue weighted by atomic mass is 10.1. The minimum absolute atomic E-state index is 0.0969. The summed E-state index contributed by atoms with van der Waals surface area (Å²) in [5.41, 5.74) is 1.01. The first kappa shape index (κ1) is 12.4. The molecule has 1 heterocycles. The van der Waals surface area contributed by atoms with Gasteiger partial charge >= 0.3 is 0 Å². The van der Waals surface area contributed by atoms with E-state index in [0.717, 1.165) is 11.4 Å². The van der Waals surface area contributed by atoms with Crippen LogP contribution in [0.3, 0.4) is 0 Å². The molecule has 0 fully saturated rings. The number of imidazole rings is 1. The lowest BCUT2D eigenvalue weighted by Crippen LogP contribution is -2.06. The van der Waals surface area contributed by atoms with Crippen molar-refractivity contribution in [2.75, 3.05) is 6.61 Å². The van der Waals surface area contributed by atoms with E-state index in [0.29, 0.717) is 23.0 Å². The monoisotopic (exact) mass is 270 g/mol. The van der Waals surface area contributed by atoms with Crippen LogP contribution < -0.4 is 0 Å². The summed E-state index contributed by atoms with van der Waals surface area (Å²) in [5.74, 6) is 0.886. The first-order chi connectivity index (χ1) is 8.19. The van der Waals surface area contributed by atoms with Gasteiger partial charge < -0.3 is 9.67 Å². The van der Waals surface area contributed by atoms with Gasteiger partial charge in [0.15, 0.2) is 0 Å². The molecule has 0 atom stereocenters. The fourth-order valence-corrected chi connectivity index (χ4v) is 2.29. The van der Waals surface area contributed by atoms with Gasteiger partial charge in [0.05, 0.1) is 6.61 Å². The van der Waals surface area contributed by atoms with Gasteiger partial charge in [0.25, 0.3) is 0 Å². The first-order valence-electron chi connectivity index (χ1n) is 5.25. The Balaban J connectivity index is 2.22. The molecule has 5 heteroatoms. The smallest absolute Gasteiger partial charge is 0.113 e. The number of nitrogens with zero attached hydrogens (tertiary/aromatic N) is 2. The molecule has 0 aliphatic rings. The highest BCUT2D eigenvalue weighted by atomic mass is 35.5. The predicted octanol–water partition coefficient (Wildman–Crippen LogP) is 2.77. The highest BCUT2D eigenvalue weighted by Gasteiger charge is 2.05. The van der Waals surface area contributed by atoms with Crippen molar-refractivity contribution >= 4 is 23.2 Å². The largest absolute Gasteiger partial charge is 0.395 e. The average Bonchev–Trinajstić information content (AvgIpc) is 2.65. The Bertz CT molecular complexity index is 491. The second kappa shape index (κ2) is 5.54. The third kappa shape index (κ3) is 3.22. The Morgan fingerprint density at radius 3 is 2.53 bits per heavy atom. The third-order valence-corrected chi connectivity index (χ3v) is 2.86. The Morgan fingerprint density at radius 2 is 1.88 bits per heavy atom. The van der Waals surface area contributed by atoms with Crippen molar-refractivity contribution in [2.24, 2.45) is 0 Å².